The molecule has 2 unspecified atom stereocenters. The molecule has 1 amide bonds. The van der Waals surface area contributed by atoms with Gasteiger partial charge in [0.15, 0.2) is 5.76 Å². The number of allylic oxidation sites excluding steroid dienone is 1. The number of hydrogen-bond donors (Lipinski definition) is 0. The smallest absolute Gasteiger partial charge is 0.288 e. The van der Waals surface area contributed by atoms with Crippen LogP contribution < -0.4 is 0 Å². The second-order valence-electron chi connectivity index (χ2n) is 6.70. The summed E-state index contributed by atoms with van der Waals surface area (Å²) >= 11 is 0. The van der Waals surface area contributed by atoms with E-state index in [1.165, 1.54) is 5.56 Å². The first-order valence-electron chi connectivity index (χ1n) is 8.83. The second-order valence-corrected chi connectivity index (χ2v) is 6.70. The highest BCUT2D eigenvalue weighted by molar-refractivity contribution is 5.91. The molecule has 0 spiro atoms. The Bertz CT molecular complexity index is 616. The fourth-order valence-corrected chi connectivity index (χ4v) is 3.80. The molecule has 5 nitrogen and oxygen atoms in total. The first-order valence-corrected chi connectivity index (χ1v) is 8.83. The van der Waals surface area contributed by atoms with Crippen LogP contribution in [0.15, 0.2) is 42.2 Å². The molecule has 0 radical (unpaired) electrons. The number of likely N-dealkylation sites (tertiary alicyclic amines) is 1. The average Bonchev–Trinajstić information content (AvgIpc) is 3.08. The van der Waals surface area contributed by atoms with Crippen molar-refractivity contribution in [2.45, 2.75) is 31.5 Å². The fourth-order valence-electron chi connectivity index (χ4n) is 3.80. The summed E-state index contributed by atoms with van der Waals surface area (Å²) in [5.74, 6) is 0.543. The third-order valence-electron chi connectivity index (χ3n) is 5.08. The van der Waals surface area contributed by atoms with E-state index < -0.39 is 0 Å². The van der Waals surface area contributed by atoms with E-state index in [2.05, 4.69) is 29.2 Å². The van der Waals surface area contributed by atoms with Gasteiger partial charge in [0.05, 0.1) is 25.4 Å². The SMILES string of the molecule is O=C(C1=CCCCO1)N1CC2OCCN(Cc3ccccc3)C2C1. The standard InChI is InChI=1S/C19H24N2O3/c22-19(17-8-4-5-10-23-17)21-13-16-18(14-21)24-11-9-20(16)12-15-6-2-1-3-7-15/h1-3,6-8,16,18H,4-5,9-14H2. The highest BCUT2D eigenvalue weighted by atomic mass is 16.5. The molecule has 5 heteroatoms. The van der Waals surface area contributed by atoms with Gasteiger partial charge in [-0.2, -0.15) is 0 Å². The molecule has 0 bridgehead atoms. The summed E-state index contributed by atoms with van der Waals surface area (Å²) in [6.07, 6.45) is 3.96. The maximum atomic E-state index is 12.7. The fraction of sp³-hybridized carbons (Fsp3) is 0.526. The van der Waals surface area contributed by atoms with Crippen LogP contribution >= 0.6 is 0 Å². The Morgan fingerprint density at radius 3 is 2.83 bits per heavy atom. The molecular formula is C19H24N2O3. The zero-order valence-electron chi connectivity index (χ0n) is 13.9. The Balaban J connectivity index is 1.44. The number of benzene rings is 1. The minimum absolute atomic E-state index is 0.0207. The van der Waals surface area contributed by atoms with E-state index in [-0.39, 0.29) is 18.1 Å². The molecular weight excluding hydrogens is 304 g/mol. The van der Waals surface area contributed by atoms with Gasteiger partial charge in [0, 0.05) is 26.2 Å². The lowest BCUT2D eigenvalue weighted by molar-refractivity contribution is -0.130. The van der Waals surface area contributed by atoms with Crippen LogP contribution in [0, 0.1) is 0 Å². The molecule has 2 atom stereocenters. The van der Waals surface area contributed by atoms with Crippen molar-refractivity contribution < 1.29 is 14.3 Å². The zero-order valence-corrected chi connectivity index (χ0v) is 13.9. The van der Waals surface area contributed by atoms with E-state index in [1.54, 1.807) is 0 Å². The van der Waals surface area contributed by atoms with Crippen molar-refractivity contribution in [2.24, 2.45) is 0 Å². The number of amides is 1. The van der Waals surface area contributed by atoms with E-state index in [1.807, 2.05) is 17.0 Å². The van der Waals surface area contributed by atoms with Gasteiger partial charge in [-0.1, -0.05) is 30.3 Å². The second kappa shape index (κ2) is 6.95. The van der Waals surface area contributed by atoms with Gasteiger partial charge >= 0.3 is 0 Å². The molecule has 0 N–H and O–H groups in total. The maximum absolute atomic E-state index is 12.7. The number of hydrogen-bond acceptors (Lipinski definition) is 4. The zero-order chi connectivity index (χ0) is 16.4. The summed E-state index contributed by atoms with van der Waals surface area (Å²) in [5, 5.41) is 0. The Morgan fingerprint density at radius 2 is 2.04 bits per heavy atom. The highest BCUT2D eigenvalue weighted by Crippen LogP contribution is 2.26. The first kappa shape index (κ1) is 15.7. The summed E-state index contributed by atoms with van der Waals surface area (Å²) in [6, 6.07) is 10.8. The Hall–Kier alpha value is -1.85. The molecule has 3 aliphatic heterocycles. The molecule has 0 aromatic heterocycles. The summed E-state index contributed by atoms with van der Waals surface area (Å²) in [6.45, 7) is 4.58. The van der Waals surface area contributed by atoms with Crippen molar-refractivity contribution in [2.75, 3.05) is 32.8 Å². The third-order valence-corrected chi connectivity index (χ3v) is 5.08. The Labute approximate surface area is 142 Å². The predicted octanol–water partition coefficient (Wildman–Crippen LogP) is 1.79. The lowest BCUT2D eigenvalue weighted by atomic mass is 10.1. The maximum Gasteiger partial charge on any atom is 0.288 e. The molecule has 0 aliphatic carbocycles. The molecule has 3 heterocycles. The third kappa shape index (κ3) is 3.19. The van der Waals surface area contributed by atoms with Crippen LogP contribution in [-0.4, -0.2) is 60.7 Å². The molecule has 3 aliphatic rings. The Morgan fingerprint density at radius 1 is 1.17 bits per heavy atom. The van der Waals surface area contributed by atoms with Crippen molar-refractivity contribution in [3.05, 3.63) is 47.7 Å². The summed E-state index contributed by atoms with van der Waals surface area (Å²) in [5.41, 5.74) is 1.31. The minimum atomic E-state index is 0.0207. The van der Waals surface area contributed by atoms with E-state index in [0.29, 0.717) is 18.9 Å². The number of ether oxygens (including phenoxy) is 2. The average molecular weight is 328 g/mol. The van der Waals surface area contributed by atoms with Crippen LogP contribution in [0.3, 0.4) is 0 Å². The van der Waals surface area contributed by atoms with Crippen LogP contribution in [0.2, 0.25) is 0 Å². The summed E-state index contributed by atoms with van der Waals surface area (Å²) in [4.78, 5) is 17.0. The lowest BCUT2D eigenvalue weighted by Crippen LogP contribution is -2.50. The van der Waals surface area contributed by atoms with Crippen molar-refractivity contribution in [1.82, 2.24) is 9.80 Å². The highest BCUT2D eigenvalue weighted by Gasteiger charge is 2.42. The molecule has 2 saturated heterocycles. The van der Waals surface area contributed by atoms with Crippen LogP contribution in [0.4, 0.5) is 0 Å². The first-order chi connectivity index (χ1) is 11.8. The van der Waals surface area contributed by atoms with E-state index in [4.69, 9.17) is 9.47 Å². The minimum Gasteiger partial charge on any atom is -0.488 e. The van der Waals surface area contributed by atoms with Crippen LogP contribution in [0.1, 0.15) is 18.4 Å². The van der Waals surface area contributed by atoms with Gasteiger partial charge in [-0.25, -0.2) is 0 Å². The topological polar surface area (TPSA) is 42.0 Å². The number of fused-ring (bicyclic) bond motifs is 1. The van der Waals surface area contributed by atoms with Crippen molar-refractivity contribution in [3.8, 4) is 0 Å². The van der Waals surface area contributed by atoms with E-state index >= 15 is 0 Å². The normalized spacial score (nSPS) is 27.3. The number of carbonyl (C=O) groups is 1. The van der Waals surface area contributed by atoms with Crippen LogP contribution in [0.25, 0.3) is 0 Å². The van der Waals surface area contributed by atoms with Gasteiger partial charge in [0.25, 0.3) is 5.91 Å². The monoisotopic (exact) mass is 328 g/mol. The molecule has 24 heavy (non-hydrogen) atoms. The predicted molar refractivity (Wildman–Crippen MR) is 90.2 cm³/mol. The van der Waals surface area contributed by atoms with Crippen molar-refractivity contribution >= 4 is 5.91 Å². The van der Waals surface area contributed by atoms with Crippen LogP contribution in [0.5, 0.6) is 0 Å². The largest absolute Gasteiger partial charge is 0.488 e. The van der Waals surface area contributed by atoms with E-state index in [9.17, 15) is 4.79 Å². The quantitative estimate of drug-likeness (QED) is 0.848. The molecule has 0 saturated carbocycles. The lowest BCUT2D eigenvalue weighted by Gasteiger charge is -2.36. The molecule has 2 fully saturated rings. The Kier molecular flexibility index (Phi) is 4.54. The van der Waals surface area contributed by atoms with E-state index in [0.717, 1.165) is 39.1 Å². The molecule has 1 aromatic rings. The van der Waals surface area contributed by atoms with Crippen molar-refractivity contribution in [1.29, 1.82) is 0 Å². The van der Waals surface area contributed by atoms with Gasteiger partial charge in [0.2, 0.25) is 0 Å². The number of nitrogens with zero attached hydrogens (tertiary/aromatic N) is 2. The van der Waals surface area contributed by atoms with Gasteiger partial charge in [0.1, 0.15) is 0 Å². The number of carbonyl (C=O) groups excluding carboxylic acids is 1. The van der Waals surface area contributed by atoms with Gasteiger partial charge in [-0.3, -0.25) is 9.69 Å². The summed E-state index contributed by atoms with van der Waals surface area (Å²) < 4.78 is 11.5. The van der Waals surface area contributed by atoms with Gasteiger partial charge in [-0.15, -0.1) is 0 Å². The molecule has 1 aromatic carbocycles. The number of morpholine rings is 1. The van der Waals surface area contributed by atoms with Gasteiger partial charge in [-0.05, 0) is 24.5 Å². The van der Waals surface area contributed by atoms with Gasteiger partial charge < -0.3 is 14.4 Å². The van der Waals surface area contributed by atoms with Crippen LogP contribution in [-0.2, 0) is 20.8 Å². The van der Waals surface area contributed by atoms with Crippen molar-refractivity contribution in [3.63, 3.8) is 0 Å². The summed E-state index contributed by atoms with van der Waals surface area (Å²) in [7, 11) is 0. The molecule has 4 rings (SSSR count). The number of rotatable bonds is 3. The molecule has 128 valence electrons.